The van der Waals surface area contributed by atoms with Crippen molar-refractivity contribution in [3.05, 3.63) is 23.3 Å². The van der Waals surface area contributed by atoms with E-state index >= 15 is 0 Å². The first kappa shape index (κ1) is 23.9. The van der Waals surface area contributed by atoms with Gasteiger partial charge in [-0.2, -0.15) is 8.42 Å². The number of nitrogens with zero attached hydrogens (tertiary/aromatic N) is 1. The molecule has 3 fully saturated rings. The van der Waals surface area contributed by atoms with E-state index in [1.807, 2.05) is 0 Å². The van der Waals surface area contributed by atoms with Crippen LogP contribution in [0.3, 0.4) is 0 Å². The average Bonchev–Trinajstić information content (AvgIpc) is 3.00. The van der Waals surface area contributed by atoms with E-state index in [1.54, 1.807) is 5.57 Å². The van der Waals surface area contributed by atoms with Gasteiger partial charge in [0.1, 0.15) is 0 Å². The predicted octanol–water partition coefficient (Wildman–Crippen LogP) is 3.11. The van der Waals surface area contributed by atoms with Gasteiger partial charge in [-0.1, -0.05) is 30.2 Å². The molecule has 1 unspecified atom stereocenters. The molecule has 172 valence electrons. The molecule has 3 aliphatic carbocycles. The second kappa shape index (κ2) is 10.3. The second-order valence-corrected chi connectivity index (χ2v) is 11.4. The molecule has 3 rings (SSSR count). The highest BCUT2D eigenvalue weighted by atomic mass is 32.2. The van der Waals surface area contributed by atoms with Crippen LogP contribution >= 0.6 is 0 Å². The summed E-state index contributed by atoms with van der Waals surface area (Å²) in [4.78, 5) is 2.20. The predicted molar refractivity (Wildman–Crippen MR) is 122 cm³/mol. The molecule has 0 bridgehead atoms. The fraction of sp³-hybridized carbons (Fsp3) is 0.826. The van der Waals surface area contributed by atoms with E-state index in [9.17, 15) is 13.5 Å². The van der Waals surface area contributed by atoms with Crippen molar-refractivity contribution in [3.63, 3.8) is 0 Å². The summed E-state index contributed by atoms with van der Waals surface area (Å²) in [7, 11) is -1.55. The molecule has 0 saturated heterocycles. The maximum atomic E-state index is 11.0. The van der Waals surface area contributed by atoms with Crippen LogP contribution in [0.4, 0.5) is 0 Å². The van der Waals surface area contributed by atoms with Crippen LogP contribution in [-0.2, 0) is 10.2 Å². The number of nitrogens with two attached hydrogens (primary N) is 1. The molecule has 3 saturated carbocycles. The summed E-state index contributed by atoms with van der Waals surface area (Å²) in [6, 6.07) is 0. The monoisotopic (exact) mass is 439 g/mol. The van der Waals surface area contributed by atoms with Gasteiger partial charge in [0.25, 0.3) is 10.2 Å². The number of nitrogens with one attached hydrogen (secondary N) is 1. The lowest BCUT2D eigenvalue weighted by atomic mass is 9.63. The Labute approximate surface area is 183 Å². The molecule has 6 nitrogen and oxygen atoms in total. The third kappa shape index (κ3) is 6.39. The van der Waals surface area contributed by atoms with E-state index in [2.05, 4.69) is 35.7 Å². The quantitative estimate of drug-likeness (QED) is 0.541. The number of rotatable bonds is 8. The molecule has 0 aliphatic heterocycles. The van der Waals surface area contributed by atoms with Crippen molar-refractivity contribution in [1.29, 1.82) is 0 Å². The fourth-order valence-electron chi connectivity index (χ4n) is 6.13. The lowest BCUT2D eigenvalue weighted by molar-refractivity contribution is 0.120. The maximum absolute atomic E-state index is 11.0. The molecule has 0 amide bonds. The van der Waals surface area contributed by atoms with Crippen LogP contribution < -0.4 is 9.86 Å². The maximum Gasteiger partial charge on any atom is 0.274 e. The van der Waals surface area contributed by atoms with Gasteiger partial charge in [-0.3, -0.25) is 0 Å². The van der Waals surface area contributed by atoms with E-state index in [1.165, 1.54) is 44.1 Å². The molecule has 4 atom stereocenters. The summed E-state index contributed by atoms with van der Waals surface area (Å²) in [6.45, 7) is 4.52. The largest absolute Gasteiger partial charge is 0.393 e. The van der Waals surface area contributed by atoms with Crippen molar-refractivity contribution in [3.8, 4) is 0 Å². The van der Waals surface area contributed by atoms with Crippen molar-refractivity contribution >= 4 is 10.2 Å². The fourth-order valence-corrected chi connectivity index (χ4v) is 6.51. The van der Waals surface area contributed by atoms with Crippen molar-refractivity contribution in [2.45, 2.75) is 77.2 Å². The summed E-state index contributed by atoms with van der Waals surface area (Å²) in [5, 5.41) is 14.9. The van der Waals surface area contributed by atoms with Crippen LogP contribution in [0.25, 0.3) is 0 Å². The van der Waals surface area contributed by atoms with E-state index < -0.39 is 10.2 Å². The molecular formula is C23H41N3O3S. The third-order valence-electron chi connectivity index (χ3n) is 7.88. The molecule has 0 radical (unpaired) electrons. The van der Waals surface area contributed by atoms with Crippen LogP contribution in [-0.4, -0.2) is 51.2 Å². The molecular weight excluding hydrogens is 398 g/mol. The molecule has 4 N–H and O–H groups in total. The minimum absolute atomic E-state index is 0.145. The third-order valence-corrected chi connectivity index (χ3v) is 8.49. The zero-order valence-electron chi connectivity index (χ0n) is 18.8. The van der Waals surface area contributed by atoms with Crippen molar-refractivity contribution in [2.24, 2.45) is 22.4 Å². The molecule has 7 heteroatoms. The first-order valence-electron chi connectivity index (χ1n) is 11.7. The number of hydrogen-bond acceptors (Lipinski definition) is 4. The number of fused-ring (bicyclic) bond motifs is 1. The van der Waals surface area contributed by atoms with Gasteiger partial charge in [-0.05, 0) is 95.1 Å². The average molecular weight is 440 g/mol. The summed E-state index contributed by atoms with van der Waals surface area (Å²) in [5.74, 6) is 1.42. The Hall–Kier alpha value is -0.730. The molecule has 0 aromatic heterocycles. The first-order valence-corrected chi connectivity index (χ1v) is 13.2. The summed E-state index contributed by atoms with van der Waals surface area (Å²) < 4.78 is 24.4. The number of likely N-dealkylation sites (N-methyl/N-ethyl adjacent to an activating group) is 1. The summed E-state index contributed by atoms with van der Waals surface area (Å²) >= 11 is 0. The number of aliphatic hydroxyl groups excluding tert-OH is 1. The van der Waals surface area contributed by atoms with Crippen LogP contribution in [0.1, 0.15) is 71.1 Å². The highest BCUT2D eigenvalue weighted by Gasteiger charge is 2.48. The zero-order chi connectivity index (χ0) is 21.8. The van der Waals surface area contributed by atoms with E-state index in [-0.39, 0.29) is 6.10 Å². The Morgan fingerprint density at radius 2 is 2.00 bits per heavy atom. The van der Waals surface area contributed by atoms with Crippen molar-refractivity contribution < 1.29 is 13.5 Å². The zero-order valence-corrected chi connectivity index (χ0v) is 19.6. The van der Waals surface area contributed by atoms with Gasteiger partial charge in [-0.15, -0.1) is 0 Å². The van der Waals surface area contributed by atoms with Crippen LogP contribution in [0.5, 0.6) is 0 Å². The number of aliphatic hydroxyl groups is 1. The smallest absolute Gasteiger partial charge is 0.274 e. The lowest BCUT2D eigenvalue weighted by Gasteiger charge is -2.42. The van der Waals surface area contributed by atoms with Crippen LogP contribution in [0.15, 0.2) is 23.3 Å². The van der Waals surface area contributed by atoms with E-state index in [0.29, 0.717) is 24.4 Å². The standard InChI is InChI=1S/C23H41N3O3S/c1-23-13-4-6-19(9-8-18-5-3-7-21(27)17-18)22(23)11-10-20(23)12-15-26(2)16-14-25-30(24,28)29/h8-9,20-22,25,27H,3-7,10-17H2,1-2H3,(H2,24,28,29)/b18-8-,19-9+/t20-,21+,22?,23-/m1/s1. The van der Waals surface area contributed by atoms with Crippen LogP contribution in [0, 0.1) is 17.3 Å². The minimum atomic E-state index is -3.60. The Morgan fingerprint density at radius 3 is 2.73 bits per heavy atom. The van der Waals surface area contributed by atoms with Crippen molar-refractivity contribution in [1.82, 2.24) is 9.62 Å². The van der Waals surface area contributed by atoms with Gasteiger partial charge in [0, 0.05) is 13.1 Å². The number of allylic oxidation sites excluding steroid dienone is 3. The number of hydrogen-bond donors (Lipinski definition) is 3. The molecule has 30 heavy (non-hydrogen) atoms. The second-order valence-electron chi connectivity index (χ2n) is 10.0. The molecule has 0 aromatic rings. The van der Waals surface area contributed by atoms with Gasteiger partial charge in [0.2, 0.25) is 0 Å². The van der Waals surface area contributed by atoms with Crippen LogP contribution in [0.2, 0.25) is 0 Å². The normalized spacial score (nSPS) is 35.3. The first-order chi connectivity index (χ1) is 14.2. The highest BCUT2D eigenvalue weighted by Crippen LogP contribution is 2.58. The van der Waals surface area contributed by atoms with E-state index in [0.717, 1.165) is 38.1 Å². The van der Waals surface area contributed by atoms with Crippen molar-refractivity contribution in [2.75, 3.05) is 26.7 Å². The Morgan fingerprint density at radius 1 is 1.20 bits per heavy atom. The van der Waals surface area contributed by atoms with Gasteiger partial charge in [0.05, 0.1) is 6.10 Å². The van der Waals surface area contributed by atoms with Gasteiger partial charge in [0.15, 0.2) is 0 Å². The molecule has 3 aliphatic rings. The van der Waals surface area contributed by atoms with Gasteiger partial charge in [-0.25, -0.2) is 9.86 Å². The Balaban J connectivity index is 1.55. The topological polar surface area (TPSA) is 95.7 Å². The SMILES string of the molecule is CN(CCNS(N)(=O)=O)CC[C@H]1CCC2/C(=C/C=C3/CCC[C@H](O)C3)CCC[C@@]21C. The highest BCUT2D eigenvalue weighted by molar-refractivity contribution is 7.87. The lowest BCUT2D eigenvalue weighted by Crippen LogP contribution is -2.38. The minimum Gasteiger partial charge on any atom is -0.393 e. The molecule has 0 spiro atoms. The summed E-state index contributed by atoms with van der Waals surface area (Å²) in [6.07, 6.45) is 16.2. The Kier molecular flexibility index (Phi) is 8.18. The van der Waals surface area contributed by atoms with Gasteiger partial charge < -0.3 is 10.0 Å². The molecule has 0 aromatic carbocycles. The Bertz CT molecular complexity index is 749. The molecule has 0 heterocycles. The van der Waals surface area contributed by atoms with Gasteiger partial charge >= 0.3 is 0 Å². The summed E-state index contributed by atoms with van der Waals surface area (Å²) in [5.41, 5.74) is 3.43. The van der Waals surface area contributed by atoms with E-state index in [4.69, 9.17) is 5.14 Å².